The normalized spacial score (nSPS) is 17.2. The van der Waals surface area contributed by atoms with Crippen molar-refractivity contribution < 1.29 is 19.4 Å². The molecule has 0 atom stereocenters. The molecule has 0 radical (unpaired) electrons. The number of carbonyl (C=O) groups excluding carboxylic acids is 2. The van der Waals surface area contributed by atoms with E-state index in [4.69, 9.17) is 21.4 Å². The predicted octanol–water partition coefficient (Wildman–Crippen LogP) is 5.32. The standard InChI is InChI=1S/C29H29ClN4O4/c30-24-16-21(38-20-4-2-1-3-5-20)10-11-22(24)27(36)23-17-33-28-26(23)25(12-13-31-28)34-19-8-6-18(7-9-19)29(37)32-14-15-35/h1-5,10-13,16-19,35H,6-9,14-15H2,(H,32,37)(H2,31,33,34). The minimum absolute atomic E-state index is 0.000570. The second kappa shape index (κ2) is 11.7. The average molecular weight is 533 g/mol. The topological polar surface area (TPSA) is 116 Å². The number of H-pyrrole nitrogens is 1. The summed E-state index contributed by atoms with van der Waals surface area (Å²) in [5.74, 6) is 0.965. The third kappa shape index (κ3) is 5.66. The molecule has 2 aromatic carbocycles. The molecule has 1 aliphatic rings. The second-order valence-electron chi connectivity index (χ2n) is 9.38. The summed E-state index contributed by atoms with van der Waals surface area (Å²) in [4.78, 5) is 33.4. The number of hydrogen-bond acceptors (Lipinski definition) is 6. The van der Waals surface area contributed by atoms with Gasteiger partial charge in [-0.05, 0) is 56.0 Å². The molecule has 5 rings (SSSR count). The number of aromatic amines is 1. The van der Waals surface area contributed by atoms with Crippen molar-refractivity contribution in [3.8, 4) is 11.5 Å². The Morgan fingerprint density at radius 1 is 1.03 bits per heavy atom. The lowest BCUT2D eigenvalue weighted by Gasteiger charge is -2.29. The molecule has 0 bridgehead atoms. The fraction of sp³-hybridized carbons (Fsp3) is 0.276. The number of rotatable bonds is 9. The molecular formula is C29H29ClN4O4. The van der Waals surface area contributed by atoms with Gasteiger partial charge in [0.25, 0.3) is 0 Å². The maximum atomic E-state index is 13.6. The number of amides is 1. The number of aliphatic hydroxyl groups excluding tert-OH is 1. The van der Waals surface area contributed by atoms with Gasteiger partial charge in [0.2, 0.25) is 5.91 Å². The van der Waals surface area contributed by atoms with Gasteiger partial charge < -0.3 is 25.5 Å². The zero-order valence-electron chi connectivity index (χ0n) is 20.7. The van der Waals surface area contributed by atoms with Gasteiger partial charge in [-0.15, -0.1) is 0 Å². The third-order valence-electron chi connectivity index (χ3n) is 6.85. The predicted molar refractivity (Wildman–Crippen MR) is 147 cm³/mol. The number of aliphatic hydroxyl groups is 1. The average Bonchev–Trinajstić information content (AvgIpc) is 3.38. The largest absolute Gasteiger partial charge is 0.457 e. The number of ether oxygens (including phenoxy) is 1. The number of para-hydroxylation sites is 1. The Balaban J connectivity index is 1.32. The smallest absolute Gasteiger partial charge is 0.223 e. The van der Waals surface area contributed by atoms with Crippen LogP contribution in [-0.4, -0.2) is 46.0 Å². The number of anilines is 1. The summed E-state index contributed by atoms with van der Waals surface area (Å²) in [6.45, 7) is 0.221. The van der Waals surface area contributed by atoms with Gasteiger partial charge in [0, 0.05) is 48.2 Å². The van der Waals surface area contributed by atoms with Crippen molar-refractivity contribution >= 4 is 40.0 Å². The number of fused-ring (bicyclic) bond motifs is 1. The first-order valence-corrected chi connectivity index (χ1v) is 13.1. The van der Waals surface area contributed by atoms with Crippen LogP contribution < -0.4 is 15.4 Å². The fourth-order valence-corrected chi connectivity index (χ4v) is 5.17. The van der Waals surface area contributed by atoms with Crippen molar-refractivity contribution in [2.24, 2.45) is 5.92 Å². The van der Waals surface area contributed by atoms with Gasteiger partial charge in [-0.3, -0.25) is 9.59 Å². The Morgan fingerprint density at radius 3 is 2.55 bits per heavy atom. The van der Waals surface area contributed by atoms with Crippen LogP contribution in [0, 0.1) is 5.92 Å². The first-order chi connectivity index (χ1) is 18.5. The first-order valence-electron chi connectivity index (χ1n) is 12.7. The van der Waals surface area contributed by atoms with Gasteiger partial charge >= 0.3 is 0 Å². The summed E-state index contributed by atoms with van der Waals surface area (Å²) < 4.78 is 5.84. The number of benzene rings is 2. The minimum Gasteiger partial charge on any atom is -0.457 e. The number of ketones is 1. The zero-order chi connectivity index (χ0) is 26.5. The van der Waals surface area contributed by atoms with Crippen LogP contribution in [0.5, 0.6) is 11.5 Å². The SMILES string of the molecule is O=C(c1ccc(Oc2ccccc2)cc1Cl)c1c[nH]c2nccc(NC3CCC(C(=O)NCCO)CC3)c12. The molecule has 8 nitrogen and oxygen atoms in total. The molecule has 1 aliphatic carbocycles. The van der Waals surface area contributed by atoms with Gasteiger partial charge in [-0.25, -0.2) is 4.98 Å². The number of halogens is 1. The molecule has 0 spiro atoms. The number of pyridine rings is 1. The van der Waals surface area contributed by atoms with Crippen LogP contribution in [0.4, 0.5) is 5.69 Å². The number of aromatic nitrogens is 2. The molecule has 1 saturated carbocycles. The first kappa shape index (κ1) is 25.8. The Labute approximate surface area is 225 Å². The van der Waals surface area contributed by atoms with E-state index in [9.17, 15) is 9.59 Å². The lowest BCUT2D eigenvalue weighted by atomic mass is 9.85. The van der Waals surface area contributed by atoms with E-state index in [2.05, 4.69) is 20.6 Å². The molecule has 2 aromatic heterocycles. The van der Waals surface area contributed by atoms with Crippen molar-refractivity contribution in [1.82, 2.24) is 15.3 Å². The van der Waals surface area contributed by atoms with Crippen LogP contribution in [0.1, 0.15) is 41.6 Å². The van der Waals surface area contributed by atoms with Gasteiger partial charge in [-0.1, -0.05) is 29.8 Å². The van der Waals surface area contributed by atoms with Crippen molar-refractivity contribution in [1.29, 1.82) is 0 Å². The van der Waals surface area contributed by atoms with Crippen LogP contribution in [-0.2, 0) is 4.79 Å². The Morgan fingerprint density at radius 2 is 1.82 bits per heavy atom. The second-order valence-corrected chi connectivity index (χ2v) is 9.79. The monoisotopic (exact) mass is 532 g/mol. The molecule has 0 aliphatic heterocycles. The molecule has 4 N–H and O–H groups in total. The van der Waals surface area contributed by atoms with Crippen LogP contribution >= 0.6 is 11.6 Å². The van der Waals surface area contributed by atoms with E-state index in [0.29, 0.717) is 38.7 Å². The number of hydrogen-bond donors (Lipinski definition) is 4. The summed E-state index contributed by atoms with van der Waals surface area (Å²) in [7, 11) is 0. The van der Waals surface area contributed by atoms with Crippen molar-refractivity contribution in [3.05, 3.63) is 83.1 Å². The Bertz CT molecular complexity index is 1430. The molecule has 0 saturated heterocycles. The number of nitrogens with one attached hydrogen (secondary N) is 3. The van der Waals surface area contributed by atoms with Gasteiger partial charge in [0.15, 0.2) is 5.78 Å². The fourth-order valence-electron chi connectivity index (χ4n) is 4.91. The zero-order valence-corrected chi connectivity index (χ0v) is 21.5. The Hall–Kier alpha value is -3.88. The third-order valence-corrected chi connectivity index (χ3v) is 7.16. The lowest BCUT2D eigenvalue weighted by molar-refractivity contribution is -0.126. The van der Waals surface area contributed by atoms with E-state index in [1.54, 1.807) is 30.6 Å². The lowest BCUT2D eigenvalue weighted by Crippen LogP contribution is -2.37. The molecular weight excluding hydrogens is 504 g/mol. The highest BCUT2D eigenvalue weighted by Crippen LogP contribution is 2.34. The van der Waals surface area contributed by atoms with E-state index >= 15 is 0 Å². The molecule has 9 heteroatoms. The maximum absolute atomic E-state index is 13.6. The summed E-state index contributed by atoms with van der Waals surface area (Å²) >= 11 is 6.54. The summed E-state index contributed by atoms with van der Waals surface area (Å²) in [5, 5.41) is 16.3. The molecule has 0 unspecified atom stereocenters. The molecule has 1 fully saturated rings. The maximum Gasteiger partial charge on any atom is 0.223 e. The van der Waals surface area contributed by atoms with Crippen LogP contribution in [0.15, 0.2) is 67.0 Å². The van der Waals surface area contributed by atoms with Gasteiger partial charge in [0.05, 0.1) is 22.6 Å². The molecule has 1 amide bonds. The summed E-state index contributed by atoms with van der Waals surface area (Å²) in [6, 6.07) is 16.4. The molecule has 2 heterocycles. The van der Waals surface area contributed by atoms with E-state index in [0.717, 1.165) is 31.4 Å². The molecule has 196 valence electrons. The quantitative estimate of drug-likeness (QED) is 0.217. The summed E-state index contributed by atoms with van der Waals surface area (Å²) in [5.41, 5.74) is 2.27. The van der Waals surface area contributed by atoms with Crippen LogP contribution in [0.3, 0.4) is 0 Å². The van der Waals surface area contributed by atoms with E-state index < -0.39 is 0 Å². The number of carbonyl (C=O) groups is 2. The van der Waals surface area contributed by atoms with E-state index in [1.807, 2.05) is 36.4 Å². The van der Waals surface area contributed by atoms with Crippen molar-refractivity contribution in [2.45, 2.75) is 31.7 Å². The highest BCUT2D eigenvalue weighted by molar-refractivity contribution is 6.35. The van der Waals surface area contributed by atoms with E-state index in [-0.39, 0.29) is 36.8 Å². The highest BCUT2D eigenvalue weighted by Gasteiger charge is 2.27. The number of nitrogens with zero attached hydrogens (tertiary/aromatic N) is 1. The van der Waals surface area contributed by atoms with Gasteiger partial charge in [0.1, 0.15) is 17.1 Å². The van der Waals surface area contributed by atoms with Crippen molar-refractivity contribution in [2.75, 3.05) is 18.5 Å². The van der Waals surface area contributed by atoms with Crippen molar-refractivity contribution in [3.63, 3.8) is 0 Å². The van der Waals surface area contributed by atoms with Crippen LogP contribution in [0.2, 0.25) is 5.02 Å². The summed E-state index contributed by atoms with van der Waals surface area (Å²) in [6.07, 6.45) is 6.53. The Kier molecular flexibility index (Phi) is 7.91. The minimum atomic E-state index is -0.215. The van der Waals surface area contributed by atoms with Gasteiger partial charge in [-0.2, -0.15) is 0 Å². The van der Waals surface area contributed by atoms with E-state index in [1.165, 1.54) is 0 Å². The molecule has 38 heavy (non-hydrogen) atoms. The highest BCUT2D eigenvalue weighted by atomic mass is 35.5. The van der Waals surface area contributed by atoms with Crippen LogP contribution in [0.25, 0.3) is 11.0 Å². The molecule has 4 aromatic rings.